The lowest BCUT2D eigenvalue weighted by molar-refractivity contribution is 0.0760. The topological polar surface area (TPSA) is 44.1 Å². The van der Waals surface area contributed by atoms with E-state index in [-0.39, 0.29) is 12.5 Å². The molecule has 0 N–H and O–H groups in total. The Morgan fingerprint density at radius 3 is 3.20 bits per heavy atom. The number of carbonyl (C=O) groups is 1. The Hall–Kier alpha value is -1.16. The normalized spacial score (nSPS) is 9.70. The number of carbonyl (C=O) groups excluding carboxylic acids is 1. The highest BCUT2D eigenvalue weighted by Gasteiger charge is 2.01. The fraction of sp³-hybridized carbons (Fsp3) is 0.333. The van der Waals surface area contributed by atoms with Gasteiger partial charge in [-0.3, -0.25) is 9.36 Å². The lowest BCUT2D eigenvalue weighted by Gasteiger charge is -1.95. The summed E-state index contributed by atoms with van der Waals surface area (Å²) in [5.74, 6) is -0.167. The second-order valence-electron chi connectivity index (χ2n) is 1.72. The Bertz CT molecular complexity index is 206. The maximum atomic E-state index is 10.9. The monoisotopic (exact) mass is 139 g/mol. The highest BCUT2D eigenvalue weighted by molar-refractivity contribution is 5.79. The van der Waals surface area contributed by atoms with E-state index in [4.69, 9.17) is 0 Å². The number of methoxy groups -OCH3 is 1. The van der Waals surface area contributed by atoms with Gasteiger partial charge in [-0.05, 0) is 0 Å². The van der Waals surface area contributed by atoms with Crippen molar-refractivity contribution in [1.29, 1.82) is 0 Å². The van der Waals surface area contributed by atoms with Gasteiger partial charge in [0.25, 0.3) is 5.91 Å². The Balaban J connectivity index is 2.59. The minimum Gasteiger partial charge on any atom is -0.375 e. The molecule has 0 aliphatic carbocycles. The summed E-state index contributed by atoms with van der Waals surface area (Å²) in [6.07, 6.45) is 5.48. The lowest BCUT2D eigenvalue weighted by atomic mass is 10.6. The number of ether oxygens (including phenoxy) is 1. The molecule has 0 saturated carbocycles. The first-order valence-corrected chi connectivity index (χ1v) is 2.78. The van der Waals surface area contributed by atoms with Crippen molar-refractivity contribution in [3.63, 3.8) is 0 Å². The van der Waals surface area contributed by atoms with E-state index in [1.165, 1.54) is 24.1 Å². The zero-order valence-electron chi connectivity index (χ0n) is 5.57. The summed E-state index contributed by atoms with van der Waals surface area (Å²) in [6.45, 7) is 0.0624. The molecule has 4 heteroatoms. The molecule has 53 valence electrons. The Morgan fingerprint density at radius 1 is 1.90 bits per heavy atom. The standard InChI is InChI=1S/C6H7N2O2/c1-10-4-6(9)8-3-2-7-5-8/h2-3H,4H2,1H3. The minimum absolute atomic E-state index is 0.0624. The molecular weight excluding hydrogens is 132 g/mol. The molecule has 0 spiro atoms. The van der Waals surface area contributed by atoms with Gasteiger partial charge in [0.2, 0.25) is 0 Å². The van der Waals surface area contributed by atoms with Crippen molar-refractivity contribution in [2.75, 3.05) is 13.7 Å². The van der Waals surface area contributed by atoms with Gasteiger partial charge in [-0.1, -0.05) is 0 Å². The van der Waals surface area contributed by atoms with Crippen LogP contribution in [-0.4, -0.2) is 29.2 Å². The smallest absolute Gasteiger partial charge is 0.258 e. The van der Waals surface area contributed by atoms with Crippen LogP contribution in [0.4, 0.5) is 0 Å². The second kappa shape index (κ2) is 3.12. The van der Waals surface area contributed by atoms with E-state index < -0.39 is 0 Å². The largest absolute Gasteiger partial charge is 0.375 e. The number of rotatable bonds is 2. The van der Waals surface area contributed by atoms with Gasteiger partial charge in [0.1, 0.15) is 6.61 Å². The summed E-state index contributed by atoms with van der Waals surface area (Å²) in [5, 5.41) is 0. The molecule has 1 radical (unpaired) electrons. The predicted octanol–water partition coefficient (Wildman–Crippen LogP) is -0.0301. The zero-order valence-corrected chi connectivity index (χ0v) is 5.57. The van der Waals surface area contributed by atoms with E-state index in [0.717, 1.165) is 0 Å². The summed E-state index contributed by atoms with van der Waals surface area (Å²) in [4.78, 5) is 14.5. The number of hydrogen-bond donors (Lipinski definition) is 0. The third-order valence-corrected chi connectivity index (χ3v) is 0.992. The van der Waals surface area contributed by atoms with Crippen molar-refractivity contribution in [1.82, 2.24) is 9.55 Å². The van der Waals surface area contributed by atoms with E-state index in [1.807, 2.05) is 0 Å². The number of imidazole rings is 1. The van der Waals surface area contributed by atoms with Crippen LogP contribution in [0.15, 0.2) is 12.4 Å². The molecule has 0 saturated heterocycles. The first-order chi connectivity index (χ1) is 4.84. The molecule has 0 aliphatic heterocycles. The highest BCUT2D eigenvalue weighted by Crippen LogP contribution is 1.84. The van der Waals surface area contributed by atoms with Gasteiger partial charge >= 0.3 is 0 Å². The molecule has 1 heterocycles. The van der Waals surface area contributed by atoms with Crippen LogP contribution < -0.4 is 0 Å². The summed E-state index contributed by atoms with van der Waals surface area (Å²) < 4.78 is 5.86. The quantitative estimate of drug-likeness (QED) is 0.578. The number of nitrogens with zero attached hydrogens (tertiary/aromatic N) is 2. The minimum atomic E-state index is -0.167. The molecule has 0 fully saturated rings. The van der Waals surface area contributed by atoms with Gasteiger partial charge in [-0.15, -0.1) is 0 Å². The molecule has 0 atom stereocenters. The maximum Gasteiger partial charge on any atom is 0.258 e. The van der Waals surface area contributed by atoms with Crippen molar-refractivity contribution >= 4 is 5.91 Å². The average molecular weight is 139 g/mol. The molecule has 0 aliphatic rings. The molecule has 0 amide bonds. The average Bonchev–Trinajstić information content (AvgIpc) is 2.38. The van der Waals surface area contributed by atoms with E-state index in [1.54, 1.807) is 0 Å². The summed E-state index contributed by atoms with van der Waals surface area (Å²) >= 11 is 0. The lowest BCUT2D eigenvalue weighted by Crippen LogP contribution is -2.14. The third kappa shape index (κ3) is 1.41. The van der Waals surface area contributed by atoms with E-state index in [9.17, 15) is 4.79 Å². The van der Waals surface area contributed by atoms with Crippen LogP contribution in [0, 0.1) is 6.33 Å². The fourth-order valence-corrected chi connectivity index (χ4v) is 0.561. The van der Waals surface area contributed by atoms with E-state index in [0.29, 0.717) is 0 Å². The molecule has 0 bridgehead atoms. The number of aromatic nitrogens is 2. The third-order valence-electron chi connectivity index (χ3n) is 0.992. The van der Waals surface area contributed by atoms with Crippen LogP contribution in [0.25, 0.3) is 0 Å². The molecule has 1 aromatic rings. The SMILES string of the molecule is COCC(=O)n1[c]ncc1. The first-order valence-electron chi connectivity index (χ1n) is 2.78. The van der Waals surface area contributed by atoms with Crippen molar-refractivity contribution in [2.24, 2.45) is 0 Å². The molecule has 10 heavy (non-hydrogen) atoms. The highest BCUT2D eigenvalue weighted by atomic mass is 16.5. The van der Waals surface area contributed by atoms with Gasteiger partial charge < -0.3 is 4.74 Å². The Morgan fingerprint density at radius 2 is 2.70 bits per heavy atom. The Kier molecular flexibility index (Phi) is 2.17. The van der Waals surface area contributed by atoms with E-state index in [2.05, 4.69) is 16.0 Å². The summed E-state index contributed by atoms with van der Waals surface area (Å²) in [7, 11) is 1.47. The van der Waals surface area contributed by atoms with Gasteiger partial charge in [0, 0.05) is 19.5 Å². The van der Waals surface area contributed by atoms with E-state index >= 15 is 0 Å². The van der Waals surface area contributed by atoms with Crippen LogP contribution in [-0.2, 0) is 4.74 Å². The second-order valence-corrected chi connectivity index (χ2v) is 1.72. The maximum absolute atomic E-state index is 10.9. The van der Waals surface area contributed by atoms with Crippen molar-refractivity contribution in [3.8, 4) is 0 Å². The van der Waals surface area contributed by atoms with Gasteiger partial charge in [-0.25, -0.2) is 4.98 Å². The summed E-state index contributed by atoms with van der Waals surface area (Å²) in [5.41, 5.74) is 0. The first kappa shape index (κ1) is 6.95. The van der Waals surface area contributed by atoms with Gasteiger partial charge in [0.15, 0.2) is 6.33 Å². The van der Waals surface area contributed by atoms with Crippen molar-refractivity contribution in [2.45, 2.75) is 0 Å². The number of hydrogen-bond acceptors (Lipinski definition) is 3. The van der Waals surface area contributed by atoms with Crippen molar-refractivity contribution in [3.05, 3.63) is 18.7 Å². The molecule has 0 aromatic carbocycles. The Labute approximate surface area is 58.4 Å². The van der Waals surface area contributed by atoms with Crippen LogP contribution >= 0.6 is 0 Å². The molecule has 1 rings (SSSR count). The molecule has 0 unspecified atom stereocenters. The van der Waals surface area contributed by atoms with Crippen LogP contribution in [0.3, 0.4) is 0 Å². The summed E-state index contributed by atoms with van der Waals surface area (Å²) in [6, 6.07) is 0. The van der Waals surface area contributed by atoms with Crippen LogP contribution in [0.2, 0.25) is 0 Å². The molecular formula is C6H7N2O2. The fourth-order valence-electron chi connectivity index (χ4n) is 0.561. The molecule has 1 aromatic heterocycles. The van der Waals surface area contributed by atoms with Gasteiger partial charge in [0.05, 0.1) is 0 Å². The molecule has 4 nitrogen and oxygen atoms in total. The van der Waals surface area contributed by atoms with Crippen LogP contribution in [0.5, 0.6) is 0 Å². The van der Waals surface area contributed by atoms with Gasteiger partial charge in [-0.2, -0.15) is 0 Å². The van der Waals surface area contributed by atoms with Crippen molar-refractivity contribution < 1.29 is 9.53 Å². The predicted molar refractivity (Wildman–Crippen MR) is 33.6 cm³/mol. The zero-order chi connectivity index (χ0) is 7.40. The van der Waals surface area contributed by atoms with Crippen LogP contribution in [0.1, 0.15) is 4.79 Å².